The van der Waals surface area contributed by atoms with Crippen LogP contribution in [0.4, 0.5) is 5.13 Å². The van der Waals surface area contributed by atoms with E-state index in [0.29, 0.717) is 15.7 Å². The number of hydrogen-bond donors (Lipinski definition) is 2. The van der Waals surface area contributed by atoms with E-state index in [1.54, 1.807) is 12.4 Å². The summed E-state index contributed by atoms with van der Waals surface area (Å²) in [5.41, 5.74) is 0.276. The number of carbonyl (C=O) groups excluding carboxylic acids is 2. The Bertz CT molecular complexity index is 670. The van der Waals surface area contributed by atoms with E-state index in [1.807, 2.05) is 20.8 Å². The van der Waals surface area contributed by atoms with Gasteiger partial charge in [0.15, 0.2) is 5.13 Å². The molecule has 0 unspecified atom stereocenters. The molecular formula is C13H16N4O2S2. The third-order valence-corrected chi connectivity index (χ3v) is 4.73. The van der Waals surface area contributed by atoms with Crippen molar-refractivity contribution >= 4 is 39.6 Å². The zero-order valence-corrected chi connectivity index (χ0v) is 13.8. The van der Waals surface area contributed by atoms with Crippen LogP contribution in [-0.2, 0) is 5.41 Å². The SMILES string of the molecule is CNC(=O)c1cnc(NC(=O)c2csc(C(C)(C)C)n2)s1. The normalized spacial score (nSPS) is 11.2. The molecule has 0 radical (unpaired) electrons. The molecule has 2 amide bonds. The van der Waals surface area contributed by atoms with Crippen LogP contribution in [0.25, 0.3) is 0 Å². The summed E-state index contributed by atoms with van der Waals surface area (Å²) in [5, 5.41) is 8.17. The molecule has 0 aromatic carbocycles. The molecule has 2 N–H and O–H groups in total. The van der Waals surface area contributed by atoms with Gasteiger partial charge in [-0.15, -0.1) is 11.3 Å². The molecule has 0 bridgehead atoms. The van der Waals surface area contributed by atoms with Gasteiger partial charge in [-0.2, -0.15) is 0 Å². The molecule has 0 saturated carbocycles. The van der Waals surface area contributed by atoms with Gasteiger partial charge in [-0.25, -0.2) is 9.97 Å². The van der Waals surface area contributed by atoms with Gasteiger partial charge in [-0.05, 0) is 0 Å². The first-order chi connectivity index (χ1) is 9.81. The summed E-state index contributed by atoms with van der Waals surface area (Å²) in [6.45, 7) is 6.14. The summed E-state index contributed by atoms with van der Waals surface area (Å²) in [5.74, 6) is -0.545. The number of nitrogens with zero attached hydrogens (tertiary/aromatic N) is 2. The molecule has 2 aromatic heterocycles. The van der Waals surface area contributed by atoms with Gasteiger partial charge in [0.2, 0.25) is 0 Å². The van der Waals surface area contributed by atoms with Crippen LogP contribution in [0, 0.1) is 0 Å². The van der Waals surface area contributed by atoms with Crippen molar-refractivity contribution < 1.29 is 9.59 Å². The lowest BCUT2D eigenvalue weighted by Crippen LogP contribution is -2.16. The Morgan fingerprint density at radius 1 is 1.24 bits per heavy atom. The molecular weight excluding hydrogens is 308 g/mol. The maximum absolute atomic E-state index is 12.1. The highest BCUT2D eigenvalue weighted by Crippen LogP contribution is 2.26. The van der Waals surface area contributed by atoms with Crippen LogP contribution >= 0.6 is 22.7 Å². The highest BCUT2D eigenvalue weighted by atomic mass is 32.1. The number of hydrogen-bond acceptors (Lipinski definition) is 6. The Morgan fingerprint density at radius 3 is 2.52 bits per heavy atom. The number of nitrogens with one attached hydrogen (secondary N) is 2. The molecule has 112 valence electrons. The summed E-state index contributed by atoms with van der Waals surface area (Å²) in [7, 11) is 1.55. The summed E-state index contributed by atoms with van der Waals surface area (Å²) in [6.07, 6.45) is 1.43. The first kappa shape index (κ1) is 15.6. The van der Waals surface area contributed by atoms with Gasteiger partial charge in [0.1, 0.15) is 10.6 Å². The lowest BCUT2D eigenvalue weighted by atomic mass is 9.98. The van der Waals surface area contributed by atoms with Crippen molar-refractivity contribution in [2.75, 3.05) is 12.4 Å². The first-order valence-corrected chi connectivity index (χ1v) is 7.96. The van der Waals surface area contributed by atoms with Crippen molar-refractivity contribution in [2.45, 2.75) is 26.2 Å². The standard InChI is InChI=1S/C13H16N4O2S2/c1-13(2,3)11-16-7(6-20-11)9(18)17-12-15-5-8(21-12)10(19)14-4/h5-6H,1-4H3,(H,14,19)(H,15,17,18). The second-order valence-electron chi connectivity index (χ2n) is 5.35. The van der Waals surface area contributed by atoms with Crippen molar-refractivity contribution in [3.63, 3.8) is 0 Å². The van der Waals surface area contributed by atoms with Crippen LogP contribution < -0.4 is 10.6 Å². The maximum Gasteiger partial charge on any atom is 0.276 e. The second kappa shape index (κ2) is 5.90. The number of amides is 2. The van der Waals surface area contributed by atoms with Crippen molar-refractivity contribution in [3.8, 4) is 0 Å². The second-order valence-corrected chi connectivity index (χ2v) is 7.24. The van der Waals surface area contributed by atoms with Crippen molar-refractivity contribution in [1.82, 2.24) is 15.3 Å². The largest absolute Gasteiger partial charge is 0.354 e. The van der Waals surface area contributed by atoms with Crippen LogP contribution in [0.3, 0.4) is 0 Å². The average molecular weight is 324 g/mol. The fourth-order valence-corrected chi connectivity index (χ4v) is 3.09. The van der Waals surface area contributed by atoms with Crippen LogP contribution in [0.15, 0.2) is 11.6 Å². The summed E-state index contributed by atoms with van der Waals surface area (Å²) >= 11 is 2.58. The van der Waals surface area contributed by atoms with Gasteiger partial charge < -0.3 is 5.32 Å². The quantitative estimate of drug-likeness (QED) is 0.908. The number of carbonyl (C=O) groups is 2. The lowest BCUT2D eigenvalue weighted by Gasteiger charge is -2.13. The third kappa shape index (κ3) is 3.64. The van der Waals surface area contributed by atoms with Gasteiger partial charge in [-0.1, -0.05) is 32.1 Å². The Kier molecular flexibility index (Phi) is 4.38. The monoisotopic (exact) mass is 324 g/mol. The van der Waals surface area contributed by atoms with Gasteiger partial charge >= 0.3 is 0 Å². The highest BCUT2D eigenvalue weighted by Gasteiger charge is 2.21. The fourth-order valence-electron chi connectivity index (χ4n) is 1.44. The first-order valence-electron chi connectivity index (χ1n) is 6.26. The summed E-state index contributed by atoms with van der Waals surface area (Å²) in [6, 6.07) is 0. The van der Waals surface area contributed by atoms with E-state index in [-0.39, 0.29) is 17.2 Å². The van der Waals surface area contributed by atoms with Crippen LogP contribution in [0.1, 0.15) is 45.9 Å². The molecule has 21 heavy (non-hydrogen) atoms. The maximum atomic E-state index is 12.1. The Hall–Kier alpha value is -1.80. The minimum atomic E-state index is -0.320. The smallest absolute Gasteiger partial charge is 0.276 e. The highest BCUT2D eigenvalue weighted by molar-refractivity contribution is 7.17. The molecule has 0 aliphatic carbocycles. The molecule has 8 heteroatoms. The van der Waals surface area contributed by atoms with E-state index in [9.17, 15) is 9.59 Å². The molecule has 2 heterocycles. The molecule has 6 nitrogen and oxygen atoms in total. The molecule has 0 spiro atoms. The van der Waals surface area contributed by atoms with Crippen LogP contribution in [0.5, 0.6) is 0 Å². The fraction of sp³-hybridized carbons (Fsp3) is 0.385. The van der Waals surface area contributed by atoms with Gasteiger partial charge in [0, 0.05) is 17.8 Å². The van der Waals surface area contributed by atoms with E-state index in [4.69, 9.17) is 0 Å². The van der Waals surface area contributed by atoms with Crippen LogP contribution in [-0.4, -0.2) is 28.8 Å². The number of rotatable bonds is 3. The zero-order chi connectivity index (χ0) is 15.6. The predicted octanol–water partition coefficient (Wildman–Crippen LogP) is 2.51. The molecule has 2 aromatic rings. The molecule has 0 atom stereocenters. The lowest BCUT2D eigenvalue weighted by molar-refractivity contribution is 0.0965. The average Bonchev–Trinajstić information content (AvgIpc) is 3.05. The Labute approximate surface area is 130 Å². The van der Waals surface area contributed by atoms with E-state index >= 15 is 0 Å². The van der Waals surface area contributed by atoms with E-state index in [1.165, 1.54) is 17.5 Å². The minimum absolute atomic E-state index is 0.0865. The molecule has 0 aliphatic rings. The van der Waals surface area contributed by atoms with E-state index < -0.39 is 0 Å². The van der Waals surface area contributed by atoms with Gasteiger partial charge in [-0.3, -0.25) is 14.9 Å². The molecule has 0 saturated heterocycles. The summed E-state index contributed by atoms with van der Waals surface area (Å²) in [4.78, 5) is 32.3. The summed E-state index contributed by atoms with van der Waals surface area (Å²) < 4.78 is 0. The molecule has 2 rings (SSSR count). The predicted molar refractivity (Wildman–Crippen MR) is 84.3 cm³/mol. The van der Waals surface area contributed by atoms with E-state index in [0.717, 1.165) is 16.3 Å². The van der Waals surface area contributed by atoms with Gasteiger partial charge in [0.05, 0.1) is 11.2 Å². The molecule has 0 fully saturated rings. The zero-order valence-electron chi connectivity index (χ0n) is 12.2. The molecule has 0 aliphatic heterocycles. The van der Waals surface area contributed by atoms with Gasteiger partial charge in [0.25, 0.3) is 11.8 Å². The minimum Gasteiger partial charge on any atom is -0.354 e. The third-order valence-electron chi connectivity index (χ3n) is 2.56. The van der Waals surface area contributed by atoms with Crippen molar-refractivity contribution in [3.05, 3.63) is 27.2 Å². The number of anilines is 1. The Morgan fingerprint density at radius 2 is 1.95 bits per heavy atom. The van der Waals surface area contributed by atoms with Crippen LogP contribution in [0.2, 0.25) is 0 Å². The topological polar surface area (TPSA) is 84.0 Å². The van der Waals surface area contributed by atoms with Crippen molar-refractivity contribution in [1.29, 1.82) is 0 Å². The Balaban J connectivity index is 2.09. The number of aromatic nitrogens is 2. The van der Waals surface area contributed by atoms with Crippen molar-refractivity contribution in [2.24, 2.45) is 0 Å². The van der Waals surface area contributed by atoms with E-state index in [2.05, 4.69) is 20.6 Å². The number of thiazole rings is 2.